The Balaban J connectivity index is 1.96. The first-order chi connectivity index (χ1) is 15.4. The van der Waals surface area contributed by atoms with Crippen LogP contribution in [0.5, 0.6) is 5.75 Å². The van der Waals surface area contributed by atoms with Gasteiger partial charge in [0.05, 0.1) is 0 Å². The number of methoxy groups -OCH3 is 1. The van der Waals surface area contributed by atoms with Crippen molar-refractivity contribution in [2.24, 2.45) is 0 Å². The van der Waals surface area contributed by atoms with Crippen molar-refractivity contribution in [3.63, 3.8) is 0 Å². The number of para-hydroxylation sites is 1. The summed E-state index contributed by atoms with van der Waals surface area (Å²) >= 11 is 0. The first-order valence-corrected chi connectivity index (χ1v) is 13.3. The molecule has 0 spiro atoms. The Kier molecular flexibility index (Phi) is 8.30. The van der Waals surface area contributed by atoms with Gasteiger partial charge < -0.3 is 13.9 Å². The molecule has 0 bridgehead atoms. The molecule has 0 aliphatic carbocycles. The fourth-order valence-electron chi connectivity index (χ4n) is 4.49. The molecule has 0 fully saturated rings. The van der Waals surface area contributed by atoms with Gasteiger partial charge in [0, 0.05) is 13.7 Å². The van der Waals surface area contributed by atoms with E-state index in [0.29, 0.717) is 6.61 Å². The van der Waals surface area contributed by atoms with Gasteiger partial charge in [0.1, 0.15) is 5.75 Å². The monoisotopic (exact) mass is 448 g/mol. The fourth-order valence-corrected chi connectivity index (χ4v) is 9.06. The van der Waals surface area contributed by atoms with Gasteiger partial charge in [-0.3, -0.25) is 0 Å². The smallest absolute Gasteiger partial charge is 0.261 e. The van der Waals surface area contributed by atoms with Gasteiger partial charge in [-0.15, -0.1) is 0 Å². The second kappa shape index (κ2) is 11.0. The van der Waals surface area contributed by atoms with E-state index in [-0.39, 0.29) is 11.8 Å². The maximum atomic E-state index is 7.06. The van der Waals surface area contributed by atoms with E-state index < -0.39 is 8.32 Å². The molecule has 4 heteroatoms. The zero-order chi connectivity index (χ0) is 23.0. The number of aryl methyl sites for hydroxylation is 1. The molecule has 170 valence electrons. The van der Waals surface area contributed by atoms with Crippen LogP contribution in [0, 0.1) is 0 Å². The quantitative estimate of drug-likeness (QED) is 0.309. The van der Waals surface area contributed by atoms with E-state index >= 15 is 0 Å². The van der Waals surface area contributed by atoms with Crippen molar-refractivity contribution in [2.75, 3.05) is 20.5 Å². The lowest BCUT2D eigenvalue weighted by Gasteiger charge is -2.43. The lowest BCUT2D eigenvalue weighted by molar-refractivity contribution is 0.0496. The second-order valence-electron chi connectivity index (χ2n) is 9.07. The zero-order valence-corrected chi connectivity index (χ0v) is 21.1. The van der Waals surface area contributed by atoms with Crippen LogP contribution in [0.1, 0.15) is 38.8 Å². The molecule has 3 rings (SSSR count). The Labute approximate surface area is 194 Å². The summed E-state index contributed by atoms with van der Waals surface area (Å²) in [4.78, 5) is 0. The number of ether oxygens (including phenoxy) is 2. The molecule has 0 radical (unpaired) electrons. The van der Waals surface area contributed by atoms with Crippen molar-refractivity contribution in [1.82, 2.24) is 0 Å². The molecule has 0 unspecified atom stereocenters. The molecule has 0 amide bonds. The number of hydrogen-bond acceptors (Lipinski definition) is 3. The summed E-state index contributed by atoms with van der Waals surface area (Å²) in [6.45, 7) is 9.96. The Morgan fingerprint density at radius 2 is 1.31 bits per heavy atom. The molecule has 32 heavy (non-hydrogen) atoms. The average molecular weight is 449 g/mol. The molecule has 0 aromatic heterocycles. The molecule has 0 heterocycles. The highest BCUT2D eigenvalue weighted by atomic mass is 28.4. The Bertz CT molecular complexity index is 925. The molecule has 3 aromatic rings. The van der Waals surface area contributed by atoms with Gasteiger partial charge in [0.2, 0.25) is 0 Å². The van der Waals surface area contributed by atoms with Crippen molar-refractivity contribution < 1.29 is 13.9 Å². The number of benzene rings is 3. The van der Waals surface area contributed by atoms with Crippen molar-refractivity contribution >= 4 is 18.7 Å². The summed E-state index contributed by atoms with van der Waals surface area (Å²) < 4.78 is 18.2. The summed E-state index contributed by atoms with van der Waals surface area (Å²) in [6, 6.07) is 27.9. The van der Waals surface area contributed by atoms with E-state index in [1.54, 1.807) is 7.11 Å². The Hall–Kier alpha value is -2.40. The number of hydrogen-bond donors (Lipinski definition) is 0. The highest BCUT2D eigenvalue weighted by Crippen LogP contribution is 2.37. The largest absolute Gasteiger partial charge is 0.467 e. The minimum Gasteiger partial charge on any atom is -0.467 e. The standard InChI is InChI=1S/C28H36O3Si/c1-6-23-14-13-15-24(27(23)30-22-29-5)20-21-31-32(28(2,3)4,25-16-9-7-10-17-25)26-18-11-8-12-19-26/h7-19H,6,20-22H2,1-5H3. The van der Waals surface area contributed by atoms with Crippen LogP contribution in [0.15, 0.2) is 78.9 Å². The minimum absolute atomic E-state index is 0.0314. The van der Waals surface area contributed by atoms with E-state index in [1.165, 1.54) is 21.5 Å². The van der Waals surface area contributed by atoms with Crippen molar-refractivity contribution in [3.8, 4) is 5.75 Å². The predicted molar refractivity (Wildman–Crippen MR) is 136 cm³/mol. The maximum Gasteiger partial charge on any atom is 0.261 e. The Morgan fingerprint density at radius 1 is 0.750 bits per heavy atom. The Morgan fingerprint density at radius 3 is 1.81 bits per heavy atom. The van der Waals surface area contributed by atoms with Gasteiger partial charge in [0.15, 0.2) is 6.79 Å². The lowest BCUT2D eigenvalue weighted by Crippen LogP contribution is -2.66. The van der Waals surface area contributed by atoms with Gasteiger partial charge in [-0.2, -0.15) is 0 Å². The van der Waals surface area contributed by atoms with E-state index in [2.05, 4.69) is 107 Å². The summed E-state index contributed by atoms with van der Waals surface area (Å²) in [7, 11) is -0.880. The molecular weight excluding hydrogens is 412 g/mol. The summed E-state index contributed by atoms with van der Waals surface area (Å²) in [5, 5.41) is 2.57. The maximum absolute atomic E-state index is 7.06. The third kappa shape index (κ3) is 5.15. The van der Waals surface area contributed by atoms with Crippen molar-refractivity contribution in [3.05, 3.63) is 90.0 Å². The third-order valence-corrected chi connectivity index (χ3v) is 11.0. The molecule has 0 aliphatic rings. The van der Waals surface area contributed by atoms with Crippen molar-refractivity contribution in [1.29, 1.82) is 0 Å². The summed E-state index contributed by atoms with van der Waals surface area (Å²) in [5.41, 5.74) is 2.37. The van der Waals surface area contributed by atoms with Crippen LogP contribution in [0.25, 0.3) is 0 Å². The van der Waals surface area contributed by atoms with Crippen LogP contribution >= 0.6 is 0 Å². The van der Waals surface area contributed by atoms with Crippen LogP contribution in [0.2, 0.25) is 5.04 Å². The summed E-state index contributed by atoms with van der Waals surface area (Å²) in [5.74, 6) is 0.933. The SMILES string of the molecule is CCc1cccc(CCO[Si](c2ccccc2)(c2ccccc2)C(C)(C)C)c1OCOC. The van der Waals surface area contributed by atoms with Gasteiger partial charge in [0.25, 0.3) is 8.32 Å². The normalized spacial score (nSPS) is 12.0. The first-order valence-electron chi connectivity index (χ1n) is 11.4. The molecule has 0 N–H and O–H groups in total. The molecule has 0 aliphatic heterocycles. The van der Waals surface area contributed by atoms with Crippen molar-refractivity contribution in [2.45, 2.75) is 45.6 Å². The summed E-state index contributed by atoms with van der Waals surface area (Å²) in [6.07, 6.45) is 1.71. The second-order valence-corrected chi connectivity index (χ2v) is 13.4. The molecule has 0 saturated heterocycles. The van der Waals surface area contributed by atoms with Crippen LogP contribution < -0.4 is 15.1 Å². The third-order valence-electron chi connectivity index (χ3n) is 5.99. The fraction of sp³-hybridized carbons (Fsp3) is 0.357. The molecular formula is C28H36O3Si. The number of rotatable bonds is 10. The lowest BCUT2D eigenvalue weighted by atomic mass is 10.0. The topological polar surface area (TPSA) is 27.7 Å². The highest BCUT2D eigenvalue weighted by molar-refractivity contribution is 6.99. The van der Waals surface area contributed by atoms with Crippen LogP contribution in [0.3, 0.4) is 0 Å². The molecule has 3 nitrogen and oxygen atoms in total. The predicted octanol–water partition coefficient (Wildman–Crippen LogP) is 5.35. The van der Waals surface area contributed by atoms with E-state index in [9.17, 15) is 0 Å². The minimum atomic E-state index is -2.53. The van der Waals surface area contributed by atoms with Gasteiger partial charge in [-0.05, 0) is 39.4 Å². The van der Waals surface area contributed by atoms with Gasteiger partial charge in [-0.25, -0.2) is 0 Å². The van der Waals surface area contributed by atoms with Crippen LogP contribution in [0.4, 0.5) is 0 Å². The molecule has 3 aromatic carbocycles. The van der Waals surface area contributed by atoms with E-state index in [1.807, 2.05) is 0 Å². The van der Waals surface area contributed by atoms with E-state index in [4.69, 9.17) is 13.9 Å². The zero-order valence-electron chi connectivity index (χ0n) is 20.1. The van der Waals surface area contributed by atoms with Crippen LogP contribution in [-0.2, 0) is 22.0 Å². The van der Waals surface area contributed by atoms with E-state index in [0.717, 1.165) is 18.6 Å². The van der Waals surface area contributed by atoms with Gasteiger partial charge >= 0.3 is 0 Å². The first kappa shape index (κ1) is 24.2. The highest BCUT2D eigenvalue weighted by Gasteiger charge is 2.49. The molecule has 0 saturated carbocycles. The molecule has 0 atom stereocenters. The van der Waals surface area contributed by atoms with Gasteiger partial charge in [-0.1, -0.05) is 107 Å². The average Bonchev–Trinajstić information content (AvgIpc) is 2.81. The van der Waals surface area contributed by atoms with Crippen LogP contribution in [-0.4, -0.2) is 28.8 Å².